The van der Waals surface area contributed by atoms with E-state index in [1.165, 1.54) is 19.3 Å². The third kappa shape index (κ3) is 4.19. The molecule has 20 heavy (non-hydrogen) atoms. The minimum Gasteiger partial charge on any atom is -0.392 e. The molecule has 0 aromatic rings. The molecule has 4 unspecified atom stereocenters. The Morgan fingerprint density at radius 1 is 1.25 bits per heavy atom. The summed E-state index contributed by atoms with van der Waals surface area (Å²) in [7, 11) is 0. The van der Waals surface area contributed by atoms with Gasteiger partial charge in [0.1, 0.15) is 0 Å². The maximum atomic E-state index is 12.3. The summed E-state index contributed by atoms with van der Waals surface area (Å²) < 4.78 is 0. The van der Waals surface area contributed by atoms with Crippen LogP contribution in [0.5, 0.6) is 0 Å². The van der Waals surface area contributed by atoms with E-state index >= 15 is 0 Å². The number of nitrogens with one attached hydrogen (secondary N) is 1. The molecule has 1 saturated heterocycles. The molecule has 1 aliphatic heterocycles. The van der Waals surface area contributed by atoms with Crippen LogP contribution in [0.15, 0.2) is 0 Å². The lowest BCUT2D eigenvalue weighted by atomic mass is 9.86. The zero-order valence-corrected chi connectivity index (χ0v) is 13.0. The van der Waals surface area contributed by atoms with Crippen molar-refractivity contribution < 1.29 is 9.90 Å². The van der Waals surface area contributed by atoms with Gasteiger partial charge in [-0.05, 0) is 45.1 Å². The van der Waals surface area contributed by atoms with Crippen molar-refractivity contribution in [2.75, 3.05) is 13.1 Å². The van der Waals surface area contributed by atoms with Gasteiger partial charge in [-0.25, -0.2) is 0 Å². The quantitative estimate of drug-likeness (QED) is 0.828. The second-order valence-electron chi connectivity index (χ2n) is 6.71. The van der Waals surface area contributed by atoms with Crippen LogP contribution in [0, 0.1) is 5.92 Å². The van der Waals surface area contributed by atoms with Crippen LogP contribution in [-0.4, -0.2) is 47.2 Å². The zero-order valence-electron chi connectivity index (χ0n) is 13.0. The van der Waals surface area contributed by atoms with Crippen LogP contribution >= 0.6 is 0 Å². The van der Waals surface area contributed by atoms with Crippen LogP contribution in [0.4, 0.5) is 0 Å². The molecule has 116 valence electrons. The van der Waals surface area contributed by atoms with E-state index in [9.17, 15) is 9.90 Å². The lowest BCUT2D eigenvalue weighted by Gasteiger charge is -2.37. The zero-order chi connectivity index (χ0) is 14.5. The molecule has 4 atom stereocenters. The van der Waals surface area contributed by atoms with Gasteiger partial charge in [0.15, 0.2) is 0 Å². The van der Waals surface area contributed by atoms with Crippen LogP contribution < -0.4 is 5.32 Å². The Kier molecular flexibility index (Phi) is 5.85. The highest BCUT2D eigenvalue weighted by atomic mass is 16.3. The monoisotopic (exact) mass is 282 g/mol. The number of hydrogen-bond donors (Lipinski definition) is 2. The molecule has 0 aromatic carbocycles. The smallest absolute Gasteiger partial charge is 0.234 e. The first-order chi connectivity index (χ1) is 9.58. The Bertz CT molecular complexity index is 320. The third-order valence-corrected chi connectivity index (χ3v) is 5.03. The molecule has 4 nitrogen and oxygen atoms in total. The van der Waals surface area contributed by atoms with Crippen LogP contribution in [0.3, 0.4) is 0 Å². The van der Waals surface area contributed by atoms with Gasteiger partial charge in [0.25, 0.3) is 0 Å². The molecule has 0 bridgehead atoms. The number of carbonyl (C=O) groups excluding carboxylic acids is 1. The summed E-state index contributed by atoms with van der Waals surface area (Å²) in [5.41, 5.74) is 0. The molecule has 1 saturated carbocycles. The van der Waals surface area contributed by atoms with Gasteiger partial charge < -0.3 is 10.4 Å². The summed E-state index contributed by atoms with van der Waals surface area (Å²) >= 11 is 0. The van der Waals surface area contributed by atoms with Gasteiger partial charge in [-0.1, -0.05) is 26.2 Å². The molecule has 2 aliphatic rings. The van der Waals surface area contributed by atoms with E-state index in [-0.39, 0.29) is 18.1 Å². The summed E-state index contributed by atoms with van der Waals surface area (Å²) in [6, 6.07) is 0.504. The maximum Gasteiger partial charge on any atom is 0.234 e. The Morgan fingerprint density at radius 2 is 1.95 bits per heavy atom. The number of aliphatic hydroxyl groups is 1. The summed E-state index contributed by atoms with van der Waals surface area (Å²) in [6.07, 6.45) is 7.82. The van der Waals surface area contributed by atoms with Gasteiger partial charge in [-0.2, -0.15) is 0 Å². The normalized spacial score (nSPS) is 33.6. The van der Waals surface area contributed by atoms with Gasteiger partial charge in [0.2, 0.25) is 5.91 Å². The lowest BCUT2D eigenvalue weighted by molar-refractivity contribution is -0.125. The molecule has 2 N–H and O–H groups in total. The highest BCUT2D eigenvalue weighted by Crippen LogP contribution is 2.24. The van der Waals surface area contributed by atoms with Crippen molar-refractivity contribution in [3.63, 3.8) is 0 Å². The second-order valence-corrected chi connectivity index (χ2v) is 6.71. The SMILES string of the molecule is CC(O)C1CCCCN1CC(=O)NC1CCCCC1C. The van der Waals surface area contributed by atoms with E-state index in [0.717, 1.165) is 32.2 Å². The van der Waals surface area contributed by atoms with Gasteiger partial charge >= 0.3 is 0 Å². The molecule has 1 heterocycles. The van der Waals surface area contributed by atoms with Gasteiger partial charge in [-0.3, -0.25) is 9.69 Å². The Hall–Kier alpha value is -0.610. The maximum absolute atomic E-state index is 12.3. The number of likely N-dealkylation sites (tertiary alicyclic amines) is 1. The van der Waals surface area contributed by atoms with Crippen molar-refractivity contribution in [3.05, 3.63) is 0 Å². The molecular formula is C16H30N2O2. The van der Waals surface area contributed by atoms with Crippen LogP contribution in [0.2, 0.25) is 0 Å². The molecule has 0 aromatic heterocycles. The predicted molar refractivity (Wildman–Crippen MR) is 80.5 cm³/mol. The summed E-state index contributed by atoms with van der Waals surface area (Å²) in [6.45, 7) is 5.45. The van der Waals surface area contributed by atoms with E-state index in [1.54, 1.807) is 0 Å². The highest BCUT2D eigenvalue weighted by Gasteiger charge is 2.29. The van der Waals surface area contributed by atoms with Crippen molar-refractivity contribution in [2.24, 2.45) is 5.92 Å². The minimum absolute atomic E-state index is 0.135. The fourth-order valence-electron chi connectivity index (χ4n) is 3.73. The third-order valence-electron chi connectivity index (χ3n) is 5.03. The summed E-state index contributed by atoms with van der Waals surface area (Å²) in [5.74, 6) is 0.734. The highest BCUT2D eigenvalue weighted by molar-refractivity contribution is 5.78. The molecule has 0 radical (unpaired) electrons. The van der Waals surface area contributed by atoms with Crippen molar-refractivity contribution >= 4 is 5.91 Å². The average molecular weight is 282 g/mol. The van der Waals surface area contributed by atoms with E-state index < -0.39 is 0 Å². The predicted octanol–water partition coefficient (Wildman–Crippen LogP) is 1.92. The molecule has 2 fully saturated rings. The van der Waals surface area contributed by atoms with Gasteiger partial charge in [-0.15, -0.1) is 0 Å². The van der Waals surface area contributed by atoms with Crippen molar-refractivity contribution in [1.29, 1.82) is 0 Å². The number of hydrogen-bond acceptors (Lipinski definition) is 3. The summed E-state index contributed by atoms with van der Waals surface area (Å²) in [4.78, 5) is 14.4. The van der Waals surface area contributed by atoms with Crippen molar-refractivity contribution in [3.8, 4) is 0 Å². The minimum atomic E-state index is -0.350. The van der Waals surface area contributed by atoms with Crippen molar-refractivity contribution in [2.45, 2.75) is 77.0 Å². The Morgan fingerprint density at radius 3 is 2.65 bits per heavy atom. The number of aliphatic hydroxyl groups excluding tert-OH is 1. The number of carbonyl (C=O) groups is 1. The van der Waals surface area contributed by atoms with Crippen molar-refractivity contribution in [1.82, 2.24) is 10.2 Å². The second kappa shape index (κ2) is 7.41. The summed E-state index contributed by atoms with van der Waals surface area (Å²) in [5, 5.41) is 13.1. The van der Waals surface area contributed by atoms with Crippen LogP contribution in [-0.2, 0) is 4.79 Å². The van der Waals surface area contributed by atoms with Gasteiger partial charge in [0, 0.05) is 12.1 Å². The largest absolute Gasteiger partial charge is 0.392 e. The molecule has 1 amide bonds. The molecule has 2 rings (SSSR count). The first kappa shape index (κ1) is 15.8. The fourth-order valence-corrected chi connectivity index (χ4v) is 3.73. The van der Waals surface area contributed by atoms with E-state index in [0.29, 0.717) is 18.5 Å². The average Bonchev–Trinajstić information content (AvgIpc) is 2.41. The first-order valence-corrected chi connectivity index (χ1v) is 8.29. The molecule has 1 aliphatic carbocycles. The van der Waals surface area contributed by atoms with E-state index in [2.05, 4.69) is 17.1 Å². The van der Waals surface area contributed by atoms with E-state index in [1.807, 2.05) is 6.92 Å². The first-order valence-electron chi connectivity index (χ1n) is 8.29. The lowest BCUT2D eigenvalue weighted by Crippen LogP contribution is -2.52. The van der Waals surface area contributed by atoms with Crippen LogP contribution in [0.25, 0.3) is 0 Å². The number of amides is 1. The standard InChI is InChI=1S/C16H30N2O2/c1-12-7-3-4-8-14(12)17-16(20)11-18-10-6-5-9-15(18)13(2)19/h12-15,19H,3-11H2,1-2H3,(H,17,20). The Labute approximate surface area is 122 Å². The van der Waals surface area contributed by atoms with Crippen LogP contribution in [0.1, 0.15) is 58.8 Å². The number of piperidine rings is 1. The molecular weight excluding hydrogens is 252 g/mol. The molecule has 4 heteroatoms. The van der Waals surface area contributed by atoms with E-state index in [4.69, 9.17) is 0 Å². The van der Waals surface area contributed by atoms with Gasteiger partial charge in [0.05, 0.1) is 12.6 Å². The number of nitrogens with zero attached hydrogens (tertiary/aromatic N) is 1. The number of rotatable bonds is 4. The fraction of sp³-hybridized carbons (Fsp3) is 0.938. The molecule has 0 spiro atoms. The topological polar surface area (TPSA) is 52.6 Å². The Balaban J connectivity index is 1.83.